The van der Waals surface area contributed by atoms with E-state index in [1.807, 2.05) is 49.5 Å². The third-order valence-corrected chi connectivity index (χ3v) is 3.61. The van der Waals surface area contributed by atoms with Gasteiger partial charge in [-0.3, -0.25) is 9.98 Å². The molecule has 2 N–H and O–H groups in total. The molecule has 0 saturated carbocycles. The predicted molar refractivity (Wildman–Crippen MR) is 103 cm³/mol. The van der Waals surface area contributed by atoms with Crippen LogP contribution in [0.1, 0.15) is 24.6 Å². The number of aliphatic imine (C=N–C) groups is 1. The molecule has 0 aliphatic rings. The highest BCUT2D eigenvalue weighted by atomic mass is 16.5. The Labute approximate surface area is 150 Å². The Hall–Kier alpha value is -2.56. The molecule has 0 bridgehead atoms. The molecule has 0 aliphatic heterocycles. The Morgan fingerprint density at radius 1 is 1.12 bits per heavy atom. The van der Waals surface area contributed by atoms with Gasteiger partial charge in [0, 0.05) is 37.9 Å². The molecule has 0 atom stereocenters. The van der Waals surface area contributed by atoms with E-state index in [1.165, 1.54) is 5.56 Å². The van der Waals surface area contributed by atoms with Gasteiger partial charge < -0.3 is 15.4 Å². The van der Waals surface area contributed by atoms with E-state index < -0.39 is 0 Å². The first-order valence-electron chi connectivity index (χ1n) is 8.89. The molecule has 1 heterocycles. The molecule has 0 fully saturated rings. The van der Waals surface area contributed by atoms with Gasteiger partial charge in [0.15, 0.2) is 5.96 Å². The summed E-state index contributed by atoms with van der Waals surface area (Å²) >= 11 is 0. The van der Waals surface area contributed by atoms with Crippen molar-refractivity contribution in [3.8, 4) is 5.75 Å². The minimum atomic E-state index is 0.669. The van der Waals surface area contributed by atoms with Crippen LogP contribution in [0.5, 0.6) is 5.75 Å². The second-order valence-electron chi connectivity index (χ2n) is 5.76. The van der Waals surface area contributed by atoms with Crippen molar-refractivity contribution in [2.75, 3.05) is 26.2 Å². The number of aryl methyl sites for hydroxylation is 1. The third-order valence-electron chi connectivity index (χ3n) is 3.61. The summed E-state index contributed by atoms with van der Waals surface area (Å²) in [7, 11) is 0. The number of para-hydroxylation sites is 1. The van der Waals surface area contributed by atoms with Crippen molar-refractivity contribution >= 4 is 5.96 Å². The van der Waals surface area contributed by atoms with E-state index in [4.69, 9.17) is 4.74 Å². The second-order valence-corrected chi connectivity index (χ2v) is 5.76. The number of hydrogen-bond acceptors (Lipinski definition) is 3. The SMILES string of the molecule is CCNC(=NCCCOc1ccccc1)NCCc1ccc(C)nc1. The third kappa shape index (κ3) is 7.70. The molecule has 0 aliphatic carbocycles. The normalized spacial score (nSPS) is 11.2. The van der Waals surface area contributed by atoms with E-state index in [1.54, 1.807) is 0 Å². The van der Waals surface area contributed by atoms with Crippen molar-refractivity contribution < 1.29 is 4.74 Å². The van der Waals surface area contributed by atoms with Gasteiger partial charge in [0.2, 0.25) is 0 Å². The Morgan fingerprint density at radius 2 is 1.96 bits per heavy atom. The number of nitrogens with one attached hydrogen (secondary N) is 2. The van der Waals surface area contributed by atoms with Crippen LogP contribution in [0.15, 0.2) is 53.7 Å². The van der Waals surface area contributed by atoms with Crippen LogP contribution in [0.3, 0.4) is 0 Å². The molecular formula is C20H28N4O. The van der Waals surface area contributed by atoms with Gasteiger partial charge in [-0.1, -0.05) is 24.3 Å². The van der Waals surface area contributed by atoms with Gasteiger partial charge in [-0.05, 0) is 44.0 Å². The molecule has 1 aromatic heterocycles. The maximum absolute atomic E-state index is 5.68. The average Bonchev–Trinajstić information content (AvgIpc) is 2.64. The zero-order valence-electron chi connectivity index (χ0n) is 15.2. The summed E-state index contributed by atoms with van der Waals surface area (Å²) in [6, 6.07) is 14.0. The standard InChI is InChI=1S/C20H28N4O/c1-3-21-20(23-14-12-18-11-10-17(2)24-16-18)22-13-7-15-25-19-8-5-4-6-9-19/h4-6,8-11,16H,3,7,12-15H2,1-2H3,(H2,21,22,23). The lowest BCUT2D eigenvalue weighted by atomic mass is 10.2. The van der Waals surface area contributed by atoms with Gasteiger partial charge in [0.05, 0.1) is 6.61 Å². The van der Waals surface area contributed by atoms with Crippen LogP contribution in [0.2, 0.25) is 0 Å². The lowest BCUT2D eigenvalue weighted by Gasteiger charge is -2.11. The van der Waals surface area contributed by atoms with E-state index in [9.17, 15) is 0 Å². The van der Waals surface area contributed by atoms with Crippen molar-refractivity contribution in [3.05, 3.63) is 59.9 Å². The molecule has 0 unspecified atom stereocenters. The Bertz CT molecular complexity index is 626. The first kappa shape index (κ1) is 18.8. The van der Waals surface area contributed by atoms with Crippen LogP contribution < -0.4 is 15.4 Å². The average molecular weight is 340 g/mol. The molecule has 2 rings (SSSR count). The maximum Gasteiger partial charge on any atom is 0.191 e. The van der Waals surface area contributed by atoms with E-state index >= 15 is 0 Å². The molecule has 5 heteroatoms. The first-order chi connectivity index (χ1) is 12.3. The summed E-state index contributed by atoms with van der Waals surface area (Å²) in [6.07, 6.45) is 3.74. The van der Waals surface area contributed by atoms with Crippen molar-refractivity contribution in [3.63, 3.8) is 0 Å². The molecule has 25 heavy (non-hydrogen) atoms. The zero-order valence-corrected chi connectivity index (χ0v) is 15.2. The van der Waals surface area contributed by atoms with Gasteiger partial charge in [-0.25, -0.2) is 0 Å². The summed E-state index contributed by atoms with van der Waals surface area (Å²) in [4.78, 5) is 8.91. The molecule has 134 valence electrons. The number of hydrogen-bond donors (Lipinski definition) is 2. The second kappa shape index (κ2) is 11.1. The minimum Gasteiger partial charge on any atom is -0.494 e. The highest BCUT2D eigenvalue weighted by Gasteiger charge is 1.98. The minimum absolute atomic E-state index is 0.669. The fourth-order valence-electron chi connectivity index (χ4n) is 2.28. The van der Waals surface area contributed by atoms with Crippen molar-refractivity contribution in [1.29, 1.82) is 0 Å². The van der Waals surface area contributed by atoms with Gasteiger partial charge in [0.1, 0.15) is 5.75 Å². The summed E-state index contributed by atoms with van der Waals surface area (Å²) < 4.78 is 5.68. The van der Waals surface area contributed by atoms with E-state index in [0.717, 1.165) is 49.9 Å². The van der Waals surface area contributed by atoms with Crippen LogP contribution in [0, 0.1) is 6.92 Å². The molecule has 5 nitrogen and oxygen atoms in total. The van der Waals surface area contributed by atoms with E-state index in [-0.39, 0.29) is 0 Å². The lowest BCUT2D eigenvalue weighted by Crippen LogP contribution is -2.38. The van der Waals surface area contributed by atoms with Gasteiger partial charge in [-0.2, -0.15) is 0 Å². The van der Waals surface area contributed by atoms with Gasteiger partial charge >= 0.3 is 0 Å². The zero-order chi connectivity index (χ0) is 17.7. The van der Waals surface area contributed by atoms with E-state index in [0.29, 0.717) is 6.61 Å². The molecule has 0 saturated heterocycles. The highest BCUT2D eigenvalue weighted by molar-refractivity contribution is 5.79. The fourth-order valence-corrected chi connectivity index (χ4v) is 2.28. The van der Waals surface area contributed by atoms with Crippen molar-refractivity contribution in [2.24, 2.45) is 4.99 Å². The number of nitrogens with zero attached hydrogens (tertiary/aromatic N) is 2. The van der Waals surface area contributed by atoms with Crippen molar-refractivity contribution in [1.82, 2.24) is 15.6 Å². The largest absolute Gasteiger partial charge is 0.494 e. The topological polar surface area (TPSA) is 58.5 Å². The van der Waals surface area contributed by atoms with E-state index in [2.05, 4.69) is 33.6 Å². The number of rotatable bonds is 9. The smallest absolute Gasteiger partial charge is 0.191 e. The van der Waals surface area contributed by atoms with Crippen LogP contribution in [-0.4, -0.2) is 37.2 Å². The van der Waals surface area contributed by atoms with Crippen LogP contribution in [0.4, 0.5) is 0 Å². The Morgan fingerprint density at radius 3 is 2.68 bits per heavy atom. The van der Waals surface area contributed by atoms with Crippen LogP contribution in [-0.2, 0) is 6.42 Å². The molecule has 0 spiro atoms. The summed E-state index contributed by atoms with van der Waals surface area (Å²) in [5, 5.41) is 6.63. The van der Waals surface area contributed by atoms with Crippen LogP contribution >= 0.6 is 0 Å². The number of pyridine rings is 1. The molecule has 2 aromatic rings. The highest BCUT2D eigenvalue weighted by Crippen LogP contribution is 2.08. The lowest BCUT2D eigenvalue weighted by molar-refractivity contribution is 0.313. The predicted octanol–water partition coefficient (Wildman–Crippen LogP) is 2.96. The number of ether oxygens (including phenoxy) is 1. The number of guanidine groups is 1. The molecule has 0 amide bonds. The summed E-state index contributed by atoms with van der Waals surface area (Å²) in [6.45, 7) is 7.14. The molecule has 1 aromatic carbocycles. The maximum atomic E-state index is 5.68. The Balaban J connectivity index is 1.67. The fraction of sp³-hybridized carbons (Fsp3) is 0.400. The quantitative estimate of drug-likeness (QED) is 0.419. The van der Waals surface area contributed by atoms with Crippen molar-refractivity contribution in [2.45, 2.75) is 26.7 Å². The molecule has 0 radical (unpaired) electrons. The molecular weight excluding hydrogens is 312 g/mol. The van der Waals surface area contributed by atoms with Gasteiger partial charge in [0.25, 0.3) is 0 Å². The Kier molecular flexibility index (Phi) is 8.32. The summed E-state index contributed by atoms with van der Waals surface area (Å²) in [5.41, 5.74) is 2.27. The number of benzene rings is 1. The first-order valence-corrected chi connectivity index (χ1v) is 8.89. The number of aromatic nitrogens is 1. The monoisotopic (exact) mass is 340 g/mol. The summed E-state index contributed by atoms with van der Waals surface area (Å²) in [5.74, 6) is 1.76. The van der Waals surface area contributed by atoms with Gasteiger partial charge in [-0.15, -0.1) is 0 Å². The van der Waals surface area contributed by atoms with Crippen LogP contribution in [0.25, 0.3) is 0 Å².